The summed E-state index contributed by atoms with van der Waals surface area (Å²) in [5.74, 6) is -1.36. The fraction of sp³-hybridized carbons (Fsp3) is 0.357. The van der Waals surface area contributed by atoms with E-state index in [2.05, 4.69) is 5.32 Å². The zero-order chi connectivity index (χ0) is 13.6. The molecule has 2 fully saturated rings. The number of carbonyl (C=O) groups excluding carboxylic acids is 3. The lowest BCUT2D eigenvalue weighted by molar-refractivity contribution is -0.126. The highest BCUT2D eigenvalue weighted by Gasteiger charge is 2.49. The van der Waals surface area contributed by atoms with E-state index >= 15 is 0 Å². The fourth-order valence-electron chi connectivity index (χ4n) is 2.79. The molecule has 2 aliphatic rings. The molecule has 5 heteroatoms. The second-order valence-corrected chi connectivity index (χ2v) is 5.09. The summed E-state index contributed by atoms with van der Waals surface area (Å²) >= 11 is 0. The van der Waals surface area contributed by atoms with E-state index in [0.717, 1.165) is 5.56 Å². The molecule has 98 valence electrons. The van der Waals surface area contributed by atoms with Gasteiger partial charge in [0.2, 0.25) is 11.8 Å². The van der Waals surface area contributed by atoms with Crippen LogP contribution in [0.4, 0.5) is 0 Å². The van der Waals surface area contributed by atoms with Crippen molar-refractivity contribution in [1.82, 2.24) is 10.2 Å². The van der Waals surface area contributed by atoms with Crippen LogP contribution in [-0.2, 0) is 9.59 Å². The number of carbonyl (C=O) groups is 3. The van der Waals surface area contributed by atoms with Gasteiger partial charge < -0.3 is 4.90 Å². The monoisotopic (exact) mass is 258 g/mol. The summed E-state index contributed by atoms with van der Waals surface area (Å²) in [6, 6.07) is 7.34. The van der Waals surface area contributed by atoms with Gasteiger partial charge in [0.25, 0.3) is 5.91 Å². The Hall–Kier alpha value is -2.17. The van der Waals surface area contributed by atoms with Crippen LogP contribution in [0.1, 0.15) is 15.9 Å². The van der Waals surface area contributed by atoms with Crippen LogP contribution in [0.15, 0.2) is 24.3 Å². The Morgan fingerprint density at radius 2 is 1.74 bits per heavy atom. The number of hydrogen-bond donors (Lipinski definition) is 1. The minimum absolute atomic E-state index is 0.104. The molecule has 3 amide bonds. The molecule has 2 aliphatic heterocycles. The van der Waals surface area contributed by atoms with Crippen LogP contribution in [-0.4, -0.2) is 35.7 Å². The standard InChI is InChI=1S/C14H14N2O3/c1-8-4-2-3-5-9(8)14(19)16-6-10-11(7-16)13(18)15-12(10)17/h2-5,10-11H,6-7H2,1H3,(H,15,17,18)/t10-,11+. The molecule has 0 aliphatic carbocycles. The molecule has 0 aromatic heterocycles. The van der Waals surface area contributed by atoms with Gasteiger partial charge >= 0.3 is 0 Å². The molecule has 2 saturated heterocycles. The second-order valence-electron chi connectivity index (χ2n) is 5.09. The molecule has 0 radical (unpaired) electrons. The smallest absolute Gasteiger partial charge is 0.254 e. The molecule has 19 heavy (non-hydrogen) atoms. The maximum atomic E-state index is 12.4. The molecule has 2 heterocycles. The number of amides is 3. The van der Waals surface area contributed by atoms with Crippen LogP contribution >= 0.6 is 0 Å². The highest BCUT2D eigenvalue weighted by molar-refractivity contribution is 6.07. The Bertz CT molecular complexity index is 560. The number of likely N-dealkylation sites (tertiary alicyclic amines) is 1. The van der Waals surface area contributed by atoms with Crippen LogP contribution in [0.5, 0.6) is 0 Å². The Balaban J connectivity index is 1.83. The fourth-order valence-corrected chi connectivity index (χ4v) is 2.79. The summed E-state index contributed by atoms with van der Waals surface area (Å²) in [6.07, 6.45) is 0. The van der Waals surface area contributed by atoms with E-state index in [1.54, 1.807) is 11.0 Å². The minimum atomic E-state index is -0.375. The van der Waals surface area contributed by atoms with Crippen LogP contribution in [0.2, 0.25) is 0 Å². The molecule has 0 bridgehead atoms. The van der Waals surface area contributed by atoms with Gasteiger partial charge in [-0.05, 0) is 18.6 Å². The van der Waals surface area contributed by atoms with Gasteiger partial charge in [-0.25, -0.2) is 0 Å². The molecule has 1 aromatic carbocycles. The zero-order valence-corrected chi connectivity index (χ0v) is 10.6. The van der Waals surface area contributed by atoms with Crippen molar-refractivity contribution < 1.29 is 14.4 Å². The van der Waals surface area contributed by atoms with Crippen molar-refractivity contribution in [3.8, 4) is 0 Å². The summed E-state index contributed by atoms with van der Waals surface area (Å²) < 4.78 is 0. The highest BCUT2D eigenvalue weighted by Crippen LogP contribution is 2.29. The van der Waals surface area contributed by atoms with Crippen molar-refractivity contribution in [3.63, 3.8) is 0 Å². The summed E-state index contributed by atoms with van der Waals surface area (Å²) in [5.41, 5.74) is 1.54. The molecule has 3 rings (SSSR count). The summed E-state index contributed by atoms with van der Waals surface area (Å²) in [4.78, 5) is 37.1. The predicted molar refractivity (Wildman–Crippen MR) is 67.2 cm³/mol. The first-order valence-corrected chi connectivity index (χ1v) is 6.27. The van der Waals surface area contributed by atoms with E-state index in [4.69, 9.17) is 0 Å². The van der Waals surface area contributed by atoms with Crippen LogP contribution in [0, 0.1) is 18.8 Å². The van der Waals surface area contributed by atoms with E-state index in [-0.39, 0.29) is 29.6 Å². The number of imide groups is 1. The van der Waals surface area contributed by atoms with Gasteiger partial charge in [-0.3, -0.25) is 19.7 Å². The molecular formula is C14H14N2O3. The number of rotatable bonds is 1. The quantitative estimate of drug-likeness (QED) is 0.739. The average molecular weight is 258 g/mol. The van der Waals surface area contributed by atoms with Gasteiger partial charge in [-0.15, -0.1) is 0 Å². The Morgan fingerprint density at radius 1 is 1.16 bits per heavy atom. The van der Waals surface area contributed by atoms with Gasteiger partial charge in [0.05, 0.1) is 11.8 Å². The summed E-state index contributed by atoms with van der Waals surface area (Å²) in [5, 5.41) is 2.31. The third kappa shape index (κ3) is 1.82. The Labute approximate surface area is 110 Å². The van der Waals surface area contributed by atoms with Gasteiger partial charge in [0.15, 0.2) is 0 Å². The number of hydrogen-bond acceptors (Lipinski definition) is 3. The lowest BCUT2D eigenvalue weighted by Gasteiger charge is -2.18. The van der Waals surface area contributed by atoms with Crippen molar-refractivity contribution in [1.29, 1.82) is 0 Å². The van der Waals surface area contributed by atoms with Gasteiger partial charge in [0, 0.05) is 18.7 Å². The maximum absolute atomic E-state index is 12.4. The molecule has 2 atom stereocenters. The molecule has 1 aromatic rings. The third-order valence-corrected chi connectivity index (χ3v) is 3.90. The van der Waals surface area contributed by atoms with Crippen molar-refractivity contribution in [2.75, 3.05) is 13.1 Å². The van der Waals surface area contributed by atoms with Gasteiger partial charge in [0.1, 0.15) is 0 Å². The molecular weight excluding hydrogens is 244 g/mol. The number of nitrogens with zero attached hydrogens (tertiary/aromatic N) is 1. The van der Waals surface area contributed by atoms with E-state index in [9.17, 15) is 14.4 Å². The van der Waals surface area contributed by atoms with E-state index in [1.165, 1.54) is 0 Å². The summed E-state index contributed by atoms with van der Waals surface area (Å²) in [6.45, 7) is 2.53. The first-order valence-electron chi connectivity index (χ1n) is 6.27. The van der Waals surface area contributed by atoms with Crippen LogP contribution < -0.4 is 5.32 Å². The number of aryl methyl sites for hydroxylation is 1. The molecule has 0 spiro atoms. The lowest BCUT2D eigenvalue weighted by atomic mass is 10.00. The second kappa shape index (κ2) is 4.19. The van der Waals surface area contributed by atoms with Crippen molar-refractivity contribution >= 4 is 17.7 Å². The topological polar surface area (TPSA) is 66.5 Å². The van der Waals surface area contributed by atoms with Crippen LogP contribution in [0.3, 0.4) is 0 Å². The molecule has 5 nitrogen and oxygen atoms in total. The first kappa shape index (κ1) is 11.9. The van der Waals surface area contributed by atoms with E-state index in [0.29, 0.717) is 18.7 Å². The van der Waals surface area contributed by atoms with Crippen molar-refractivity contribution in [2.24, 2.45) is 11.8 Å². The number of fused-ring (bicyclic) bond motifs is 1. The SMILES string of the molecule is Cc1ccccc1C(=O)N1C[C@@H]2C(=O)NC(=O)[C@@H]2C1. The number of nitrogens with one attached hydrogen (secondary N) is 1. The van der Waals surface area contributed by atoms with Crippen molar-refractivity contribution in [2.45, 2.75) is 6.92 Å². The molecule has 0 unspecified atom stereocenters. The van der Waals surface area contributed by atoms with Crippen LogP contribution in [0.25, 0.3) is 0 Å². The Kier molecular flexibility index (Phi) is 2.62. The largest absolute Gasteiger partial charge is 0.337 e. The van der Waals surface area contributed by atoms with Crippen molar-refractivity contribution in [3.05, 3.63) is 35.4 Å². The highest BCUT2D eigenvalue weighted by atomic mass is 16.2. The number of benzene rings is 1. The van der Waals surface area contributed by atoms with E-state index < -0.39 is 0 Å². The normalized spacial score (nSPS) is 25.4. The molecule has 1 N–H and O–H groups in total. The Morgan fingerprint density at radius 3 is 2.32 bits per heavy atom. The minimum Gasteiger partial charge on any atom is -0.337 e. The maximum Gasteiger partial charge on any atom is 0.254 e. The third-order valence-electron chi connectivity index (χ3n) is 3.90. The molecule has 0 saturated carbocycles. The first-order chi connectivity index (χ1) is 9.08. The van der Waals surface area contributed by atoms with E-state index in [1.807, 2.05) is 25.1 Å². The van der Waals surface area contributed by atoms with Gasteiger partial charge in [-0.2, -0.15) is 0 Å². The lowest BCUT2D eigenvalue weighted by Crippen LogP contribution is -2.35. The zero-order valence-electron chi connectivity index (χ0n) is 10.6. The average Bonchev–Trinajstić information content (AvgIpc) is 2.92. The van der Waals surface area contributed by atoms with Gasteiger partial charge in [-0.1, -0.05) is 18.2 Å². The predicted octanol–water partition coefficient (Wildman–Crippen LogP) is 0.340. The summed E-state index contributed by atoms with van der Waals surface area (Å²) in [7, 11) is 0.